The molecule has 76 valence electrons. The van der Waals surface area contributed by atoms with E-state index in [1.165, 1.54) is 24.1 Å². The van der Waals surface area contributed by atoms with Gasteiger partial charge in [0, 0.05) is 17.5 Å². The van der Waals surface area contributed by atoms with Crippen LogP contribution in [-0.2, 0) is 12.8 Å². The summed E-state index contributed by atoms with van der Waals surface area (Å²) in [5.74, 6) is 1.06. The minimum absolute atomic E-state index is 0.479. The maximum Gasteiger partial charge on any atom is 0.126 e. The summed E-state index contributed by atoms with van der Waals surface area (Å²) in [6.45, 7) is 4.30. The van der Waals surface area contributed by atoms with Crippen LogP contribution in [0.2, 0.25) is 0 Å². The highest BCUT2D eigenvalue weighted by Crippen LogP contribution is 2.30. The van der Waals surface area contributed by atoms with Crippen molar-refractivity contribution in [3.8, 4) is 5.75 Å². The molecule has 0 atom stereocenters. The fourth-order valence-corrected chi connectivity index (χ4v) is 1.67. The Labute approximate surface area is 85.3 Å². The summed E-state index contributed by atoms with van der Waals surface area (Å²) in [4.78, 5) is 4.38. The monoisotopic (exact) mass is 191 g/mol. The summed E-state index contributed by atoms with van der Waals surface area (Å²) in [6, 6.07) is 2.00. The van der Waals surface area contributed by atoms with E-state index in [0.29, 0.717) is 6.10 Å². The predicted molar refractivity (Wildman–Crippen MR) is 56.6 cm³/mol. The molecule has 1 fully saturated rings. The van der Waals surface area contributed by atoms with Crippen LogP contribution in [0.25, 0.3) is 0 Å². The van der Waals surface area contributed by atoms with Crippen LogP contribution in [0.5, 0.6) is 5.75 Å². The highest BCUT2D eigenvalue weighted by Gasteiger charge is 2.24. The van der Waals surface area contributed by atoms with Gasteiger partial charge in [0.05, 0.1) is 6.10 Å². The molecule has 1 aromatic rings. The third-order valence-electron chi connectivity index (χ3n) is 2.61. The lowest BCUT2D eigenvalue weighted by atomic mass is 10.1. The number of rotatable bonds is 4. The second-order valence-corrected chi connectivity index (χ2v) is 3.76. The number of nitrogens with zero attached hydrogens (tertiary/aromatic N) is 1. The summed E-state index contributed by atoms with van der Waals surface area (Å²) in [5.41, 5.74) is 2.48. The molecule has 1 aliphatic rings. The Kier molecular flexibility index (Phi) is 2.71. The Balaban J connectivity index is 2.26. The quantitative estimate of drug-likeness (QED) is 0.730. The summed E-state index contributed by atoms with van der Waals surface area (Å²) < 4.78 is 5.85. The normalized spacial score (nSPS) is 15.6. The van der Waals surface area contributed by atoms with Crippen LogP contribution >= 0.6 is 0 Å². The zero-order chi connectivity index (χ0) is 9.97. The van der Waals surface area contributed by atoms with Crippen molar-refractivity contribution in [2.75, 3.05) is 0 Å². The molecule has 0 aromatic carbocycles. The van der Waals surface area contributed by atoms with Crippen LogP contribution in [-0.4, -0.2) is 11.1 Å². The van der Waals surface area contributed by atoms with Crippen molar-refractivity contribution in [3.05, 3.63) is 23.5 Å². The van der Waals surface area contributed by atoms with Crippen molar-refractivity contribution in [3.63, 3.8) is 0 Å². The zero-order valence-electron chi connectivity index (χ0n) is 8.92. The average molecular weight is 191 g/mol. The van der Waals surface area contributed by atoms with Crippen LogP contribution in [0.3, 0.4) is 0 Å². The van der Waals surface area contributed by atoms with Crippen LogP contribution < -0.4 is 4.74 Å². The summed E-state index contributed by atoms with van der Waals surface area (Å²) in [6.07, 6.45) is 6.77. The Bertz CT molecular complexity index is 318. The van der Waals surface area contributed by atoms with Crippen molar-refractivity contribution in [2.24, 2.45) is 0 Å². The smallest absolute Gasteiger partial charge is 0.126 e. The van der Waals surface area contributed by atoms with E-state index >= 15 is 0 Å². The standard InChI is InChI=1S/C12H17NO/c1-3-10-11(4-2)13-8-7-12(10)14-9-5-6-9/h7-9H,3-6H2,1-2H3. The van der Waals surface area contributed by atoms with E-state index in [0.717, 1.165) is 18.6 Å². The van der Waals surface area contributed by atoms with Gasteiger partial charge >= 0.3 is 0 Å². The molecule has 2 rings (SSSR count). The SMILES string of the molecule is CCc1nccc(OC2CC2)c1CC. The molecule has 14 heavy (non-hydrogen) atoms. The number of pyridine rings is 1. The molecule has 1 aliphatic carbocycles. The molecular formula is C12H17NO. The Hall–Kier alpha value is -1.05. The average Bonchev–Trinajstić information content (AvgIpc) is 3.01. The highest BCUT2D eigenvalue weighted by atomic mass is 16.5. The van der Waals surface area contributed by atoms with E-state index in [1.54, 1.807) is 0 Å². The van der Waals surface area contributed by atoms with Gasteiger partial charge in [-0.3, -0.25) is 4.98 Å². The van der Waals surface area contributed by atoms with Gasteiger partial charge in [-0.25, -0.2) is 0 Å². The number of hydrogen-bond donors (Lipinski definition) is 0. The van der Waals surface area contributed by atoms with E-state index in [9.17, 15) is 0 Å². The van der Waals surface area contributed by atoms with Gasteiger partial charge in [0.1, 0.15) is 5.75 Å². The van der Waals surface area contributed by atoms with Crippen molar-refractivity contribution in [1.29, 1.82) is 0 Å². The van der Waals surface area contributed by atoms with Crippen LogP contribution in [0, 0.1) is 0 Å². The summed E-state index contributed by atoms with van der Waals surface area (Å²) in [7, 11) is 0. The molecule has 0 aliphatic heterocycles. The third-order valence-corrected chi connectivity index (χ3v) is 2.61. The Morgan fingerprint density at radius 1 is 1.36 bits per heavy atom. The van der Waals surface area contributed by atoms with Gasteiger partial charge in [0.2, 0.25) is 0 Å². The van der Waals surface area contributed by atoms with Gasteiger partial charge in [0.25, 0.3) is 0 Å². The molecule has 0 amide bonds. The maximum atomic E-state index is 5.85. The van der Waals surface area contributed by atoms with Crippen LogP contribution in [0.15, 0.2) is 12.3 Å². The van der Waals surface area contributed by atoms with E-state index in [2.05, 4.69) is 18.8 Å². The maximum absolute atomic E-state index is 5.85. The number of hydrogen-bond acceptors (Lipinski definition) is 2. The summed E-state index contributed by atoms with van der Waals surface area (Å²) >= 11 is 0. The number of aryl methyl sites for hydroxylation is 1. The molecule has 1 aromatic heterocycles. The van der Waals surface area contributed by atoms with Gasteiger partial charge in [-0.05, 0) is 31.7 Å². The molecule has 0 bridgehead atoms. The zero-order valence-corrected chi connectivity index (χ0v) is 8.92. The first-order valence-electron chi connectivity index (χ1n) is 5.48. The number of aromatic nitrogens is 1. The van der Waals surface area contributed by atoms with Gasteiger partial charge in [0.15, 0.2) is 0 Å². The molecule has 0 unspecified atom stereocenters. The summed E-state index contributed by atoms with van der Waals surface area (Å²) in [5, 5.41) is 0. The molecule has 0 radical (unpaired) electrons. The first-order valence-corrected chi connectivity index (χ1v) is 5.48. The third kappa shape index (κ3) is 1.89. The van der Waals surface area contributed by atoms with Crippen molar-refractivity contribution >= 4 is 0 Å². The molecule has 1 saturated carbocycles. The van der Waals surface area contributed by atoms with Gasteiger partial charge in [-0.2, -0.15) is 0 Å². The fraction of sp³-hybridized carbons (Fsp3) is 0.583. The minimum Gasteiger partial charge on any atom is -0.490 e. The van der Waals surface area contributed by atoms with Crippen molar-refractivity contribution < 1.29 is 4.74 Å². The predicted octanol–water partition coefficient (Wildman–Crippen LogP) is 2.75. The van der Waals surface area contributed by atoms with E-state index in [-0.39, 0.29) is 0 Å². The minimum atomic E-state index is 0.479. The second-order valence-electron chi connectivity index (χ2n) is 3.76. The first-order chi connectivity index (χ1) is 6.85. The van der Waals surface area contributed by atoms with Crippen LogP contribution in [0.1, 0.15) is 37.9 Å². The van der Waals surface area contributed by atoms with E-state index < -0.39 is 0 Å². The van der Waals surface area contributed by atoms with Gasteiger partial charge < -0.3 is 4.74 Å². The van der Waals surface area contributed by atoms with Crippen molar-refractivity contribution in [2.45, 2.75) is 45.6 Å². The Morgan fingerprint density at radius 2 is 2.14 bits per heavy atom. The molecule has 0 saturated heterocycles. The fourth-order valence-electron chi connectivity index (χ4n) is 1.67. The van der Waals surface area contributed by atoms with E-state index in [4.69, 9.17) is 4.74 Å². The molecule has 2 nitrogen and oxygen atoms in total. The topological polar surface area (TPSA) is 22.1 Å². The number of ether oxygens (including phenoxy) is 1. The van der Waals surface area contributed by atoms with Gasteiger partial charge in [-0.1, -0.05) is 13.8 Å². The highest BCUT2D eigenvalue weighted by molar-refractivity contribution is 5.36. The molecule has 0 N–H and O–H groups in total. The van der Waals surface area contributed by atoms with Crippen molar-refractivity contribution in [1.82, 2.24) is 4.98 Å². The van der Waals surface area contributed by atoms with E-state index in [1.807, 2.05) is 12.3 Å². The molecule has 1 heterocycles. The molecule has 0 spiro atoms. The lowest BCUT2D eigenvalue weighted by Crippen LogP contribution is -2.03. The largest absolute Gasteiger partial charge is 0.490 e. The molecule has 2 heteroatoms. The lowest BCUT2D eigenvalue weighted by molar-refractivity contribution is 0.299. The Morgan fingerprint density at radius 3 is 2.71 bits per heavy atom. The second kappa shape index (κ2) is 3.99. The first kappa shape index (κ1) is 9.50. The lowest BCUT2D eigenvalue weighted by Gasteiger charge is -2.12. The van der Waals surface area contributed by atoms with Crippen LogP contribution in [0.4, 0.5) is 0 Å². The van der Waals surface area contributed by atoms with Gasteiger partial charge in [-0.15, -0.1) is 0 Å². The molecular weight excluding hydrogens is 174 g/mol.